The lowest BCUT2D eigenvalue weighted by molar-refractivity contribution is 0.00729. The lowest BCUT2D eigenvalue weighted by atomic mass is 9.81. The molecule has 4 heterocycles. The molecule has 0 amide bonds. The first kappa shape index (κ1) is 22.5. The van der Waals surface area contributed by atoms with E-state index in [0.717, 1.165) is 55.7 Å². The van der Waals surface area contributed by atoms with Crippen LogP contribution < -0.4 is 0 Å². The summed E-state index contributed by atoms with van der Waals surface area (Å²) in [7, 11) is -3.79. The van der Waals surface area contributed by atoms with Gasteiger partial charge in [0.1, 0.15) is 0 Å². The number of ether oxygens (including phenoxy) is 1. The van der Waals surface area contributed by atoms with Crippen LogP contribution in [0.1, 0.15) is 37.2 Å². The quantitative estimate of drug-likeness (QED) is 0.453. The summed E-state index contributed by atoms with van der Waals surface area (Å²) >= 11 is 0. The number of hydrogen-bond acceptors (Lipinski definition) is 6. The van der Waals surface area contributed by atoms with Crippen LogP contribution in [0.2, 0.25) is 0 Å². The van der Waals surface area contributed by atoms with Crippen molar-refractivity contribution in [2.45, 2.75) is 42.5 Å². The van der Waals surface area contributed by atoms with Gasteiger partial charge in [-0.25, -0.2) is 17.4 Å². The van der Waals surface area contributed by atoms with E-state index in [1.807, 2.05) is 12.3 Å². The fourth-order valence-electron chi connectivity index (χ4n) is 5.55. The maximum absolute atomic E-state index is 13.5. The summed E-state index contributed by atoms with van der Waals surface area (Å²) < 4.78 is 33.8. The second kappa shape index (κ2) is 9.22. The third-order valence-corrected chi connectivity index (χ3v) is 9.14. The van der Waals surface area contributed by atoms with E-state index >= 15 is 0 Å². The van der Waals surface area contributed by atoms with Gasteiger partial charge < -0.3 is 4.74 Å². The van der Waals surface area contributed by atoms with E-state index in [0.29, 0.717) is 17.6 Å². The smallest absolute Gasteiger partial charge is 0.269 e. The van der Waals surface area contributed by atoms with Crippen LogP contribution in [0, 0.1) is 0 Å². The number of aromatic amines is 1. The number of hydrogen-bond donors (Lipinski definition) is 1. The Morgan fingerprint density at radius 2 is 1.77 bits per heavy atom. The number of pyridine rings is 1. The third-order valence-electron chi connectivity index (χ3n) is 7.47. The van der Waals surface area contributed by atoms with Crippen LogP contribution in [0.5, 0.6) is 0 Å². The predicted octanol–water partition coefficient (Wildman–Crippen LogP) is 4.02. The standard InChI is InChI=1S/C26H29N5O3S/c32-35(33,23-4-2-1-3-5-23)31-18-25(21-16-28-29-17-21)24-14-20(15-27-26(24)31)19-6-8-22(9-7-19)30-10-12-34-13-11-30/h1-5,14-19,22H,6-13H2,(H,28,29)/t19-,22+. The molecule has 35 heavy (non-hydrogen) atoms. The Morgan fingerprint density at radius 1 is 1.00 bits per heavy atom. The Bertz CT molecular complexity index is 1400. The first-order chi connectivity index (χ1) is 17.1. The molecule has 1 saturated heterocycles. The zero-order valence-electron chi connectivity index (χ0n) is 19.5. The lowest BCUT2D eigenvalue weighted by Crippen LogP contribution is -2.44. The zero-order chi connectivity index (χ0) is 23.8. The number of morpholine rings is 1. The average molecular weight is 492 g/mol. The van der Waals surface area contributed by atoms with Crippen LogP contribution in [0.4, 0.5) is 0 Å². The monoisotopic (exact) mass is 491 g/mol. The molecule has 0 spiro atoms. The number of benzene rings is 1. The molecule has 8 nitrogen and oxygen atoms in total. The fourth-order valence-corrected chi connectivity index (χ4v) is 6.90. The molecule has 1 N–H and O–H groups in total. The summed E-state index contributed by atoms with van der Waals surface area (Å²) in [5, 5.41) is 7.76. The number of rotatable bonds is 5. The lowest BCUT2D eigenvalue weighted by Gasteiger charge is -2.38. The van der Waals surface area contributed by atoms with Gasteiger partial charge in [0.15, 0.2) is 5.65 Å². The van der Waals surface area contributed by atoms with Gasteiger partial charge in [-0.2, -0.15) is 5.10 Å². The van der Waals surface area contributed by atoms with Crippen molar-refractivity contribution in [3.63, 3.8) is 0 Å². The van der Waals surface area contributed by atoms with Gasteiger partial charge in [0.25, 0.3) is 10.0 Å². The number of nitrogens with zero attached hydrogens (tertiary/aromatic N) is 4. The largest absolute Gasteiger partial charge is 0.379 e. The maximum atomic E-state index is 13.5. The summed E-state index contributed by atoms with van der Waals surface area (Å²) in [6.45, 7) is 3.72. The molecule has 4 aromatic rings. The molecule has 9 heteroatoms. The molecule has 3 aromatic heterocycles. The van der Waals surface area contributed by atoms with E-state index in [4.69, 9.17) is 9.72 Å². The van der Waals surface area contributed by atoms with Gasteiger partial charge in [0.05, 0.1) is 24.3 Å². The minimum Gasteiger partial charge on any atom is -0.379 e. The van der Waals surface area contributed by atoms with E-state index in [1.54, 1.807) is 42.9 Å². The molecule has 0 bridgehead atoms. The molecule has 1 aliphatic heterocycles. The number of H-pyrrole nitrogens is 1. The molecule has 0 atom stereocenters. The summed E-state index contributed by atoms with van der Waals surface area (Å²) in [5.41, 5.74) is 3.27. The molecule has 2 aliphatic rings. The van der Waals surface area contributed by atoms with Crippen molar-refractivity contribution < 1.29 is 13.2 Å². The first-order valence-electron chi connectivity index (χ1n) is 12.2. The number of fused-ring (bicyclic) bond motifs is 1. The molecular formula is C26H29N5O3S. The van der Waals surface area contributed by atoms with Gasteiger partial charge >= 0.3 is 0 Å². The average Bonchev–Trinajstić information content (AvgIpc) is 3.58. The van der Waals surface area contributed by atoms with Crippen LogP contribution in [0.25, 0.3) is 22.2 Å². The molecule has 1 aromatic carbocycles. The Morgan fingerprint density at radius 3 is 2.49 bits per heavy atom. The van der Waals surface area contributed by atoms with Crippen molar-refractivity contribution in [1.82, 2.24) is 24.1 Å². The molecule has 6 rings (SSSR count). The highest BCUT2D eigenvalue weighted by molar-refractivity contribution is 7.90. The molecular weight excluding hydrogens is 462 g/mol. The van der Waals surface area contributed by atoms with Gasteiger partial charge in [-0.1, -0.05) is 18.2 Å². The van der Waals surface area contributed by atoms with Crippen molar-refractivity contribution in [3.05, 3.63) is 66.7 Å². The second-order valence-corrected chi connectivity index (χ2v) is 11.3. The van der Waals surface area contributed by atoms with Gasteiger partial charge in [0.2, 0.25) is 0 Å². The third kappa shape index (κ3) is 4.17. The number of aromatic nitrogens is 4. The highest BCUT2D eigenvalue weighted by Crippen LogP contribution is 2.38. The fraction of sp³-hybridized carbons (Fsp3) is 0.385. The van der Waals surface area contributed by atoms with E-state index < -0.39 is 10.0 Å². The Balaban J connectivity index is 1.35. The molecule has 0 radical (unpaired) electrons. The maximum Gasteiger partial charge on any atom is 0.269 e. The molecule has 1 aliphatic carbocycles. The summed E-state index contributed by atoms with van der Waals surface area (Å²) in [6, 6.07) is 11.3. The van der Waals surface area contributed by atoms with Crippen molar-refractivity contribution >= 4 is 21.1 Å². The van der Waals surface area contributed by atoms with Gasteiger partial charge in [-0.3, -0.25) is 10.00 Å². The van der Waals surface area contributed by atoms with E-state index in [2.05, 4.69) is 21.2 Å². The van der Waals surface area contributed by atoms with Crippen LogP contribution in [0.3, 0.4) is 0 Å². The molecule has 1 saturated carbocycles. The molecule has 2 fully saturated rings. The summed E-state index contributed by atoms with van der Waals surface area (Å²) in [4.78, 5) is 7.53. The van der Waals surface area contributed by atoms with Crippen LogP contribution >= 0.6 is 0 Å². The van der Waals surface area contributed by atoms with E-state index in [-0.39, 0.29) is 4.90 Å². The first-order valence-corrected chi connectivity index (χ1v) is 13.7. The minimum absolute atomic E-state index is 0.239. The normalized spacial score (nSPS) is 21.9. The van der Waals surface area contributed by atoms with Crippen LogP contribution in [0.15, 0.2) is 66.1 Å². The van der Waals surface area contributed by atoms with Crippen molar-refractivity contribution in [2.75, 3.05) is 26.3 Å². The Labute approximate surface area is 205 Å². The Hall–Kier alpha value is -3.01. The topological polar surface area (TPSA) is 93.1 Å². The predicted molar refractivity (Wildman–Crippen MR) is 134 cm³/mol. The Kier molecular flexibility index (Phi) is 5.91. The highest BCUT2D eigenvalue weighted by Gasteiger charge is 2.29. The van der Waals surface area contributed by atoms with Crippen molar-refractivity contribution in [1.29, 1.82) is 0 Å². The summed E-state index contributed by atoms with van der Waals surface area (Å²) in [5.74, 6) is 0.426. The molecule has 0 unspecified atom stereocenters. The van der Waals surface area contributed by atoms with Crippen molar-refractivity contribution in [3.8, 4) is 11.1 Å². The van der Waals surface area contributed by atoms with Crippen LogP contribution in [-0.4, -0.2) is 64.8 Å². The van der Waals surface area contributed by atoms with Gasteiger partial charge in [-0.15, -0.1) is 0 Å². The number of nitrogens with one attached hydrogen (secondary N) is 1. The van der Waals surface area contributed by atoms with Crippen LogP contribution in [-0.2, 0) is 14.8 Å². The SMILES string of the molecule is O=S(=O)(c1ccccc1)n1cc(-c2cn[nH]c2)c2cc([C@H]3CC[C@@H](N4CCOCC4)CC3)cnc21. The highest BCUT2D eigenvalue weighted by atomic mass is 32.2. The van der Waals surface area contributed by atoms with Gasteiger partial charge in [-0.05, 0) is 55.4 Å². The van der Waals surface area contributed by atoms with Crippen molar-refractivity contribution in [2.24, 2.45) is 0 Å². The van der Waals surface area contributed by atoms with E-state index in [1.165, 1.54) is 22.4 Å². The summed E-state index contributed by atoms with van der Waals surface area (Å²) in [6.07, 6.45) is 11.6. The minimum atomic E-state index is -3.79. The second-order valence-electron chi connectivity index (χ2n) is 9.44. The van der Waals surface area contributed by atoms with Gasteiger partial charge in [0, 0.05) is 54.2 Å². The van der Waals surface area contributed by atoms with E-state index in [9.17, 15) is 8.42 Å². The zero-order valence-corrected chi connectivity index (χ0v) is 20.3. The molecule has 182 valence electrons.